The molecule has 0 rings (SSSR count). The van der Waals surface area contributed by atoms with Crippen LogP contribution in [0.2, 0.25) is 0 Å². The molecule has 4 heteroatoms. The quantitative estimate of drug-likeness (QED) is 0.420. The molecule has 0 aliphatic heterocycles. The van der Waals surface area contributed by atoms with E-state index in [1.807, 2.05) is 34.6 Å². The molecule has 0 radical (unpaired) electrons. The molecule has 0 fully saturated rings. The Morgan fingerprint density at radius 1 is 1.15 bits per heavy atom. The molecule has 0 saturated heterocycles. The first kappa shape index (κ1) is 23.9. The number of hydrogen-bond acceptors (Lipinski definition) is 3. The third kappa shape index (κ3) is 19.2. The van der Waals surface area contributed by atoms with Gasteiger partial charge in [0.1, 0.15) is 5.70 Å². The highest BCUT2D eigenvalue weighted by atomic mass is 32.2. The van der Waals surface area contributed by atoms with Crippen molar-refractivity contribution < 1.29 is 4.79 Å². The van der Waals surface area contributed by atoms with E-state index in [9.17, 15) is 4.79 Å². The second-order valence-electron chi connectivity index (χ2n) is 3.48. The minimum Gasteiger partial charge on any atom is -0.394 e. The number of carbonyl (C=O) groups is 1. The molecular weight excluding hydrogens is 268 g/mol. The number of primary amides is 1. The molecule has 0 spiro atoms. The fourth-order valence-corrected chi connectivity index (χ4v) is 1.68. The third-order valence-electron chi connectivity index (χ3n) is 1.88. The molecule has 1 atom stereocenters. The van der Waals surface area contributed by atoms with Gasteiger partial charge in [-0.15, -0.1) is 11.8 Å². The van der Waals surface area contributed by atoms with Crippen LogP contribution in [0.5, 0.6) is 0 Å². The molecule has 1 amide bonds. The van der Waals surface area contributed by atoms with Gasteiger partial charge in [0, 0.05) is 5.75 Å². The van der Waals surface area contributed by atoms with Crippen LogP contribution < -0.4 is 11.5 Å². The van der Waals surface area contributed by atoms with Crippen LogP contribution in [0, 0.1) is 5.92 Å². The summed E-state index contributed by atoms with van der Waals surface area (Å²) < 4.78 is 0. The Morgan fingerprint density at radius 2 is 1.70 bits per heavy atom. The van der Waals surface area contributed by atoms with Crippen LogP contribution >= 0.6 is 11.8 Å². The van der Waals surface area contributed by atoms with Gasteiger partial charge in [-0.05, 0) is 24.7 Å². The molecule has 0 heterocycles. The van der Waals surface area contributed by atoms with E-state index in [2.05, 4.69) is 31.2 Å². The molecule has 3 nitrogen and oxygen atoms in total. The molecule has 0 aromatic rings. The van der Waals surface area contributed by atoms with Crippen molar-refractivity contribution in [2.24, 2.45) is 17.4 Å². The monoisotopic (exact) mass is 300 g/mol. The minimum absolute atomic E-state index is 0.112. The third-order valence-corrected chi connectivity index (χ3v) is 2.69. The smallest absolute Gasteiger partial charge is 0.265 e. The predicted octanol–water partition coefficient (Wildman–Crippen LogP) is 4.22. The zero-order valence-electron chi connectivity index (χ0n) is 13.8. The van der Waals surface area contributed by atoms with Gasteiger partial charge in [0.15, 0.2) is 0 Å². The normalized spacial score (nSPS) is 12.4. The second-order valence-corrected chi connectivity index (χ2v) is 4.38. The van der Waals surface area contributed by atoms with Crippen molar-refractivity contribution in [2.75, 3.05) is 5.75 Å². The maximum absolute atomic E-state index is 10.6. The first-order valence-electron chi connectivity index (χ1n) is 7.22. The van der Waals surface area contributed by atoms with Gasteiger partial charge >= 0.3 is 0 Å². The number of thioether (sulfide) groups is 1. The average Bonchev–Trinajstić information content (AvgIpc) is 2.46. The summed E-state index contributed by atoms with van der Waals surface area (Å²) in [5, 5.41) is 1.59. The van der Waals surface area contributed by atoms with E-state index in [1.165, 1.54) is 11.8 Å². The molecule has 20 heavy (non-hydrogen) atoms. The largest absolute Gasteiger partial charge is 0.394 e. The van der Waals surface area contributed by atoms with Crippen molar-refractivity contribution >= 4 is 17.7 Å². The maximum Gasteiger partial charge on any atom is 0.265 e. The van der Waals surface area contributed by atoms with E-state index < -0.39 is 5.91 Å². The molecular formula is C16H32N2OS. The molecule has 118 valence electrons. The maximum atomic E-state index is 10.6. The predicted molar refractivity (Wildman–Crippen MR) is 94.4 cm³/mol. The number of amides is 1. The zero-order valence-corrected chi connectivity index (χ0v) is 14.7. The highest BCUT2D eigenvalue weighted by Gasteiger charge is 1.95. The Morgan fingerprint density at radius 3 is 2.15 bits per heavy atom. The summed E-state index contributed by atoms with van der Waals surface area (Å²) in [6.07, 6.45) is 9.45. The van der Waals surface area contributed by atoms with Crippen molar-refractivity contribution in [2.45, 2.75) is 48.0 Å². The Kier molecular flexibility index (Phi) is 24.1. The summed E-state index contributed by atoms with van der Waals surface area (Å²) in [6.45, 7) is 12.2. The first-order chi connectivity index (χ1) is 9.57. The van der Waals surface area contributed by atoms with Crippen LogP contribution in [0.3, 0.4) is 0 Å². The van der Waals surface area contributed by atoms with Crippen molar-refractivity contribution in [3.8, 4) is 0 Å². The van der Waals surface area contributed by atoms with Crippen molar-refractivity contribution in [1.29, 1.82) is 0 Å². The standard InChI is InChI=1S/C12H20N2OS.2C2H6/c1-3-6-10(2)7-4-5-8-16-9-11(13)12(14)15;2*1-2/h3-6,9-10H,7-8,13H2,1-2H3,(H2,14,15);2*1-2H3/b5-4+,6-3-,11-9-;;. The number of hydrogen-bond donors (Lipinski definition) is 2. The lowest BCUT2D eigenvalue weighted by molar-refractivity contribution is -0.114. The van der Waals surface area contributed by atoms with Crippen molar-refractivity contribution in [1.82, 2.24) is 0 Å². The second kappa shape index (κ2) is 20.2. The molecule has 0 aromatic carbocycles. The lowest BCUT2D eigenvalue weighted by atomic mass is 10.1. The van der Waals surface area contributed by atoms with Gasteiger partial charge in [0.05, 0.1) is 0 Å². The fraction of sp³-hybridized carbons (Fsp3) is 0.562. The Labute approximate surface area is 129 Å². The average molecular weight is 301 g/mol. The van der Waals surface area contributed by atoms with Crippen LogP contribution in [0.4, 0.5) is 0 Å². The molecule has 0 bridgehead atoms. The summed E-state index contributed by atoms with van der Waals surface area (Å²) in [6, 6.07) is 0. The number of allylic oxidation sites excluding steroid dienone is 3. The first-order valence-corrected chi connectivity index (χ1v) is 8.27. The lowest BCUT2D eigenvalue weighted by Crippen LogP contribution is -2.19. The van der Waals surface area contributed by atoms with Crippen LogP contribution in [0.25, 0.3) is 0 Å². The summed E-state index contributed by atoms with van der Waals surface area (Å²) in [5.74, 6) is 0.798. The molecule has 1 unspecified atom stereocenters. The van der Waals surface area contributed by atoms with Gasteiger partial charge in [-0.1, -0.05) is 58.9 Å². The van der Waals surface area contributed by atoms with Crippen molar-refractivity contribution in [3.63, 3.8) is 0 Å². The molecule has 0 aromatic heterocycles. The fourth-order valence-electron chi connectivity index (χ4n) is 1.04. The minimum atomic E-state index is -0.571. The van der Waals surface area contributed by atoms with Crippen molar-refractivity contribution in [3.05, 3.63) is 35.4 Å². The highest BCUT2D eigenvalue weighted by molar-refractivity contribution is 8.02. The molecule has 0 aliphatic rings. The van der Waals surface area contributed by atoms with E-state index in [0.717, 1.165) is 12.2 Å². The van der Waals surface area contributed by atoms with Gasteiger partial charge in [-0.2, -0.15) is 0 Å². The van der Waals surface area contributed by atoms with Gasteiger partial charge in [-0.3, -0.25) is 4.79 Å². The zero-order chi connectivity index (χ0) is 16.4. The number of nitrogens with two attached hydrogens (primary N) is 2. The van der Waals surface area contributed by atoms with E-state index in [4.69, 9.17) is 11.5 Å². The summed E-state index contributed by atoms with van der Waals surface area (Å²) >= 11 is 1.46. The SMILES string of the molecule is C/C=C\C(C)C/C=C/CS/C=C(\N)C(N)=O.CC.CC. The van der Waals surface area contributed by atoms with E-state index in [-0.39, 0.29) is 5.70 Å². The van der Waals surface area contributed by atoms with E-state index in [1.54, 1.807) is 5.41 Å². The van der Waals surface area contributed by atoms with Gasteiger partial charge in [0.2, 0.25) is 0 Å². The topological polar surface area (TPSA) is 69.1 Å². The van der Waals surface area contributed by atoms with Crippen LogP contribution in [0.15, 0.2) is 35.4 Å². The molecule has 4 N–H and O–H groups in total. The summed E-state index contributed by atoms with van der Waals surface area (Å²) in [5.41, 5.74) is 10.4. The van der Waals surface area contributed by atoms with Crippen LogP contribution in [-0.2, 0) is 4.79 Å². The van der Waals surface area contributed by atoms with Crippen LogP contribution in [0.1, 0.15) is 48.0 Å². The molecule has 0 saturated carbocycles. The Balaban J connectivity index is -0.000000656. The summed E-state index contributed by atoms with van der Waals surface area (Å²) in [7, 11) is 0. The highest BCUT2D eigenvalue weighted by Crippen LogP contribution is 2.07. The summed E-state index contributed by atoms with van der Waals surface area (Å²) in [4.78, 5) is 10.6. The molecule has 0 aliphatic carbocycles. The van der Waals surface area contributed by atoms with Gasteiger partial charge in [-0.25, -0.2) is 0 Å². The van der Waals surface area contributed by atoms with Gasteiger partial charge in [0.25, 0.3) is 5.91 Å². The Hall–Kier alpha value is -1.16. The van der Waals surface area contributed by atoms with E-state index in [0.29, 0.717) is 5.92 Å². The van der Waals surface area contributed by atoms with E-state index >= 15 is 0 Å². The number of rotatable bonds is 7. The van der Waals surface area contributed by atoms with Gasteiger partial charge < -0.3 is 11.5 Å². The Bertz CT molecular complexity index is 297. The lowest BCUT2D eigenvalue weighted by Gasteiger charge is -1.99. The number of carbonyl (C=O) groups excluding carboxylic acids is 1. The van der Waals surface area contributed by atoms with Crippen LogP contribution in [-0.4, -0.2) is 11.7 Å².